The van der Waals surface area contributed by atoms with Gasteiger partial charge in [0.25, 0.3) is 5.91 Å². The van der Waals surface area contributed by atoms with Gasteiger partial charge in [-0.15, -0.1) is 0 Å². The molecule has 1 aromatic heterocycles. The summed E-state index contributed by atoms with van der Waals surface area (Å²) in [6.07, 6.45) is 0. The van der Waals surface area contributed by atoms with Gasteiger partial charge in [0.15, 0.2) is 6.61 Å². The zero-order valence-electron chi connectivity index (χ0n) is 13.3. The fourth-order valence-electron chi connectivity index (χ4n) is 2.01. The molecule has 3 N–H and O–H groups in total. The average molecular weight is 348 g/mol. The highest BCUT2D eigenvalue weighted by Crippen LogP contribution is 2.22. The van der Waals surface area contributed by atoms with Gasteiger partial charge < -0.3 is 24.9 Å². The van der Waals surface area contributed by atoms with Gasteiger partial charge in [-0.25, -0.2) is 4.79 Å². The molecule has 0 aliphatic heterocycles. The van der Waals surface area contributed by atoms with Crippen LogP contribution in [0, 0.1) is 6.92 Å². The van der Waals surface area contributed by atoms with E-state index in [0.29, 0.717) is 11.3 Å². The van der Waals surface area contributed by atoms with Crippen molar-refractivity contribution in [3.8, 4) is 5.75 Å². The number of hydrogen-bond donors (Lipinski definition) is 3. The summed E-state index contributed by atoms with van der Waals surface area (Å²) in [5, 5.41) is 13.6. The van der Waals surface area contributed by atoms with Gasteiger partial charge >= 0.3 is 11.6 Å². The van der Waals surface area contributed by atoms with Crippen LogP contribution in [-0.2, 0) is 14.4 Å². The first kappa shape index (κ1) is 18.0. The van der Waals surface area contributed by atoms with E-state index in [4.69, 9.17) is 14.3 Å². The molecular weight excluding hydrogens is 332 g/mol. The molecule has 1 heterocycles. The third-order valence-corrected chi connectivity index (χ3v) is 3.18. The normalized spacial score (nSPS) is 10.3. The maximum Gasteiger partial charge on any atom is 0.336 e. The largest absolute Gasteiger partial charge is 0.484 e. The highest BCUT2D eigenvalue weighted by atomic mass is 16.5. The fourth-order valence-corrected chi connectivity index (χ4v) is 2.01. The Labute approximate surface area is 141 Å². The number of aryl methyl sites for hydroxylation is 1. The molecule has 0 saturated heterocycles. The molecule has 0 bridgehead atoms. The van der Waals surface area contributed by atoms with E-state index in [-0.39, 0.29) is 13.2 Å². The highest BCUT2D eigenvalue weighted by Gasteiger charge is 2.09. The summed E-state index contributed by atoms with van der Waals surface area (Å²) in [5.74, 6) is -2.04. The molecule has 9 nitrogen and oxygen atoms in total. The Morgan fingerprint density at radius 3 is 2.56 bits per heavy atom. The minimum absolute atomic E-state index is 0.326. The van der Waals surface area contributed by atoms with Gasteiger partial charge in [-0.05, 0) is 24.6 Å². The van der Waals surface area contributed by atoms with E-state index < -0.39 is 30.0 Å². The lowest BCUT2D eigenvalue weighted by Gasteiger charge is -2.08. The lowest BCUT2D eigenvalue weighted by atomic mass is 10.1. The molecule has 0 radical (unpaired) electrons. The van der Waals surface area contributed by atoms with E-state index in [2.05, 4.69) is 10.6 Å². The lowest BCUT2D eigenvalue weighted by molar-refractivity contribution is -0.137. The van der Waals surface area contributed by atoms with Gasteiger partial charge in [-0.3, -0.25) is 14.4 Å². The molecule has 0 aliphatic rings. The summed E-state index contributed by atoms with van der Waals surface area (Å²) in [6, 6.07) is 6.21. The second-order valence-corrected chi connectivity index (χ2v) is 5.14. The lowest BCUT2D eigenvalue weighted by Crippen LogP contribution is -2.40. The van der Waals surface area contributed by atoms with Gasteiger partial charge in [0, 0.05) is 17.5 Å². The van der Waals surface area contributed by atoms with E-state index in [1.807, 2.05) is 0 Å². The number of hydrogen-bond acceptors (Lipinski definition) is 6. The first-order chi connectivity index (χ1) is 11.8. The van der Waals surface area contributed by atoms with Crippen molar-refractivity contribution in [1.82, 2.24) is 10.6 Å². The monoisotopic (exact) mass is 348 g/mol. The predicted octanol–water partition coefficient (Wildman–Crippen LogP) is -0.203. The number of carbonyl (C=O) groups excluding carboxylic acids is 2. The summed E-state index contributed by atoms with van der Waals surface area (Å²) in [4.78, 5) is 44.6. The second kappa shape index (κ2) is 7.95. The molecule has 0 atom stereocenters. The van der Waals surface area contributed by atoms with Crippen LogP contribution in [0.25, 0.3) is 11.0 Å². The van der Waals surface area contributed by atoms with Gasteiger partial charge in [-0.2, -0.15) is 0 Å². The minimum atomic E-state index is -1.18. The highest BCUT2D eigenvalue weighted by molar-refractivity contribution is 5.87. The van der Waals surface area contributed by atoms with Gasteiger partial charge in [0.2, 0.25) is 5.91 Å². The molecular formula is C16H16N2O7. The topological polar surface area (TPSA) is 135 Å². The third-order valence-electron chi connectivity index (χ3n) is 3.18. The Morgan fingerprint density at radius 2 is 1.84 bits per heavy atom. The molecule has 132 valence electrons. The first-order valence-corrected chi connectivity index (χ1v) is 7.27. The smallest absolute Gasteiger partial charge is 0.336 e. The number of aliphatic carboxylic acids is 1. The van der Waals surface area contributed by atoms with Crippen LogP contribution in [0.2, 0.25) is 0 Å². The first-order valence-electron chi connectivity index (χ1n) is 7.27. The molecule has 2 aromatic rings. The number of amides is 2. The van der Waals surface area contributed by atoms with Crippen molar-refractivity contribution in [1.29, 1.82) is 0 Å². The van der Waals surface area contributed by atoms with Crippen LogP contribution in [0.5, 0.6) is 5.75 Å². The van der Waals surface area contributed by atoms with Gasteiger partial charge in [0.1, 0.15) is 17.9 Å². The maximum absolute atomic E-state index is 11.6. The third kappa shape index (κ3) is 5.34. The summed E-state index contributed by atoms with van der Waals surface area (Å²) in [5.41, 5.74) is 0.631. The van der Waals surface area contributed by atoms with Crippen LogP contribution in [0.15, 0.2) is 33.5 Å². The molecule has 2 rings (SSSR count). The molecule has 0 saturated carbocycles. The van der Waals surface area contributed by atoms with Crippen molar-refractivity contribution in [3.63, 3.8) is 0 Å². The number of carbonyl (C=O) groups is 3. The van der Waals surface area contributed by atoms with Crippen molar-refractivity contribution in [2.75, 3.05) is 19.7 Å². The number of rotatable bonds is 7. The standard InChI is InChI=1S/C16H16N2O7/c1-9-4-16(23)25-12-5-10(2-3-11(9)12)24-8-14(20)17-6-13(19)18-7-15(21)22/h2-5H,6-8H2,1H3,(H,17,20)(H,18,19)(H,21,22). The average Bonchev–Trinajstić information content (AvgIpc) is 2.55. The number of benzene rings is 1. The summed E-state index contributed by atoms with van der Waals surface area (Å²) in [6.45, 7) is 0.546. The van der Waals surface area contributed by atoms with E-state index in [1.165, 1.54) is 12.1 Å². The summed E-state index contributed by atoms with van der Waals surface area (Å²) in [7, 11) is 0. The molecule has 0 unspecified atom stereocenters. The Hall–Kier alpha value is -3.36. The van der Waals surface area contributed by atoms with Crippen LogP contribution < -0.4 is 21.0 Å². The number of nitrogens with one attached hydrogen (secondary N) is 2. The number of ether oxygens (including phenoxy) is 1. The molecule has 0 fully saturated rings. The number of fused-ring (bicyclic) bond motifs is 1. The van der Waals surface area contributed by atoms with Crippen LogP contribution in [0.1, 0.15) is 5.56 Å². The molecule has 9 heteroatoms. The Morgan fingerprint density at radius 1 is 1.12 bits per heavy atom. The molecule has 1 aromatic carbocycles. The van der Waals surface area contributed by atoms with E-state index >= 15 is 0 Å². The van der Waals surface area contributed by atoms with E-state index in [0.717, 1.165) is 10.9 Å². The van der Waals surface area contributed by atoms with Gasteiger partial charge in [-0.1, -0.05) is 0 Å². The Bertz CT molecular complexity index is 872. The molecule has 0 aliphatic carbocycles. The Balaban J connectivity index is 1.87. The predicted molar refractivity (Wildman–Crippen MR) is 86.4 cm³/mol. The van der Waals surface area contributed by atoms with Crippen LogP contribution in [0.3, 0.4) is 0 Å². The van der Waals surface area contributed by atoms with E-state index in [9.17, 15) is 19.2 Å². The van der Waals surface area contributed by atoms with E-state index in [1.54, 1.807) is 19.1 Å². The molecule has 25 heavy (non-hydrogen) atoms. The van der Waals surface area contributed by atoms with Crippen molar-refractivity contribution in [2.24, 2.45) is 0 Å². The van der Waals surface area contributed by atoms with Gasteiger partial charge in [0.05, 0.1) is 6.54 Å². The van der Waals surface area contributed by atoms with Crippen molar-refractivity contribution >= 4 is 28.8 Å². The summed E-state index contributed by atoms with van der Waals surface area (Å²) < 4.78 is 10.4. The Kier molecular flexibility index (Phi) is 5.72. The van der Waals surface area contributed by atoms with Crippen molar-refractivity contribution in [3.05, 3.63) is 40.2 Å². The molecule has 2 amide bonds. The number of carboxylic acids is 1. The van der Waals surface area contributed by atoms with Crippen LogP contribution in [0.4, 0.5) is 0 Å². The minimum Gasteiger partial charge on any atom is -0.484 e. The maximum atomic E-state index is 11.6. The van der Waals surface area contributed by atoms with Crippen molar-refractivity contribution in [2.45, 2.75) is 6.92 Å². The van der Waals surface area contributed by atoms with Crippen molar-refractivity contribution < 1.29 is 28.6 Å². The van der Waals surface area contributed by atoms with Crippen LogP contribution in [-0.4, -0.2) is 42.6 Å². The SMILES string of the molecule is Cc1cc(=O)oc2cc(OCC(=O)NCC(=O)NCC(=O)O)ccc12. The van der Waals surface area contributed by atoms with Crippen LogP contribution >= 0.6 is 0 Å². The number of carboxylic acid groups (broad SMARTS) is 1. The molecule has 0 spiro atoms. The zero-order chi connectivity index (χ0) is 18.4. The fraction of sp³-hybridized carbons (Fsp3) is 0.250. The zero-order valence-corrected chi connectivity index (χ0v) is 13.3. The second-order valence-electron chi connectivity index (χ2n) is 5.14. The quantitative estimate of drug-likeness (QED) is 0.590. The summed E-state index contributed by atoms with van der Waals surface area (Å²) >= 11 is 0.